The van der Waals surface area contributed by atoms with Crippen molar-refractivity contribution in [3.63, 3.8) is 0 Å². The number of primary amides is 1. The number of phenols is 3. The maximum atomic E-state index is 12.7. The molecule has 6 aromatic rings. The molecule has 0 radical (unpaired) electrons. The van der Waals surface area contributed by atoms with E-state index in [4.69, 9.17) is 5.73 Å². The fourth-order valence-corrected chi connectivity index (χ4v) is 8.36. The summed E-state index contributed by atoms with van der Waals surface area (Å²) in [5, 5.41) is 65.7. The quantitative estimate of drug-likeness (QED) is 0.0340. The van der Waals surface area contributed by atoms with Crippen LogP contribution in [0.4, 0.5) is 34.1 Å². The lowest BCUT2D eigenvalue weighted by Gasteiger charge is -2.12. The molecule has 0 atom stereocenters. The van der Waals surface area contributed by atoms with Gasteiger partial charge in [0, 0.05) is 35.6 Å². The predicted octanol–water partition coefficient (Wildman–Crippen LogP) is 6.96. The Labute approximate surface area is 357 Å². The van der Waals surface area contributed by atoms with Gasteiger partial charge in [-0.15, -0.1) is 20.5 Å². The van der Waals surface area contributed by atoms with Crippen molar-refractivity contribution < 1.29 is 68.7 Å². The van der Waals surface area contributed by atoms with Gasteiger partial charge in [0.2, 0.25) is 5.88 Å². The number of aromatic hydroxyl groups is 4. The molecule has 0 saturated carbocycles. The van der Waals surface area contributed by atoms with E-state index in [0.717, 1.165) is 16.7 Å². The summed E-state index contributed by atoms with van der Waals surface area (Å²) in [6.45, 7) is 2.84. The minimum atomic E-state index is -5.33. The first kappa shape index (κ1) is 45.6. The number of hydrogen-bond donors (Lipinski definition) is 9. The highest BCUT2D eigenvalue weighted by molar-refractivity contribution is 7.94. The third kappa shape index (κ3) is 8.90. The monoisotopic (exact) mass is 944 g/mol. The van der Waals surface area contributed by atoms with Crippen molar-refractivity contribution >= 4 is 104 Å². The molecular weight excluding hydrogens is 917 g/mol. The van der Waals surface area contributed by atoms with Crippen LogP contribution >= 0.6 is 12.0 Å². The number of pyridine rings is 1. The number of fused-ring (bicyclic) bond motifs is 2. The molecule has 28 heteroatoms. The van der Waals surface area contributed by atoms with Crippen molar-refractivity contribution in [3.8, 4) is 23.1 Å². The number of phenolic OH excluding ortho intramolecular Hbond substituents is 3. The van der Waals surface area contributed by atoms with E-state index < -0.39 is 107 Å². The summed E-state index contributed by atoms with van der Waals surface area (Å²) < 4.78 is 113. The van der Waals surface area contributed by atoms with Gasteiger partial charge in [-0.2, -0.15) is 35.5 Å². The Morgan fingerprint density at radius 3 is 1.89 bits per heavy atom. The molecular formula is C35H28N8O16S4. The van der Waals surface area contributed by atoms with Gasteiger partial charge < -0.3 is 30.7 Å². The molecule has 0 aliphatic rings. The van der Waals surface area contributed by atoms with Crippen LogP contribution in [0.15, 0.2) is 116 Å². The van der Waals surface area contributed by atoms with Crippen LogP contribution in [0.3, 0.4) is 0 Å². The van der Waals surface area contributed by atoms with E-state index in [-0.39, 0.29) is 57.2 Å². The molecule has 1 heterocycles. The Morgan fingerprint density at radius 2 is 1.30 bits per heavy atom. The molecule has 63 heavy (non-hydrogen) atoms. The molecule has 0 aliphatic heterocycles. The van der Waals surface area contributed by atoms with Crippen molar-refractivity contribution in [1.82, 2.24) is 4.57 Å². The molecule has 0 bridgehead atoms. The number of azo groups is 3. The van der Waals surface area contributed by atoms with Gasteiger partial charge in [0.05, 0.1) is 26.6 Å². The van der Waals surface area contributed by atoms with Crippen LogP contribution in [-0.2, 0) is 36.9 Å². The van der Waals surface area contributed by atoms with Crippen LogP contribution < -0.4 is 11.3 Å². The Morgan fingerprint density at radius 1 is 0.698 bits per heavy atom. The van der Waals surface area contributed by atoms with Crippen LogP contribution in [0.1, 0.15) is 22.8 Å². The molecule has 0 saturated heterocycles. The zero-order valence-electron chi connectivity index (χ0n) is 31.7. The van der Waals surface area contributed by atoms with Gasteiger partial charge in [0.1, 0.15) is 43.9 Å². The highest BCUT2D eigenvalue weighted by atomic mass is 32.2. The van der Waals surface area contributed by atoms with Crippen LogP contribution in [0.5, 0.6) is 23.1 Å². The molecule has 0 unspecified atom stereocenters. The second-order valence-corrected chi connectivity index (χ2v) is 17.8. The first-order valence-corrected chi connectivity index (χ1v) is 22.2. The summed E-state index contributed by atoms with van der Waals surface area (Å²) in [7, 11) is -15.5. The van der Waals surface area contributed by atoms with Gasteiger partial charge in [-0.05, 0) is 73.2 Å². The molecule has 0 spiro atoms. The zero-order valence-corrected chi connectivity index (χ0v) is 34.9. The first-order valence-electron chi connectivity index (χ1n) is 17.1. The smallest absolute Gasteiger partial charge is 0.296 e. The molecule has 1 amide bonds. The highest BCUT2D eigenvalue weighted by Gasteiger charge is 2.27. The number of benzene rings is 5. The Balaban J connectivity index is 1.40. The summed E-state index contributed by atoms with van der Waals surface area (Å²) in [4.78, 5) is 21.5. The minimum Gasteiger partial charge on any atom is -0.507 e. The number of carbonyl (C=O) groups excluding carboxylic acids is 1. The number of nitrogens with zero attached hydrogens (tertiary/aromatic N) is 7. The average Bonchev–Trinajstić information content (AvgIpc) is 3.18. The van der Waals surface area contributed by atoms with E-state index in [2.05, 4.69) is 30.7 Å². The van der Waals surface area contributed by atoms with E-state index in [1.807, 2.05) is 0 Å². The second-order valence-electron chi connectivity index (χ2n) is 12.9. The van der Waals surface area contributed by atoms with Crippen molar-refractivity contribution in [2.24, 2.45) is 36.4 Å². The molecule has 6 rings (SSSR count). The van der Waals surface area contributed by atoms with Crippen molar-refractivity contribution in [2.75, 3.05) is 0 Å². The third-order valence-electron chi connectivity index (χ3n) is 9.04. The van der Waals surface area contributed by atoms with Crippen molar-refractivity contribution in [2.45, 2.75) is 40.0 Å². The largest absolute Gasteiger partial charge is 0.507 e. The lowest BCUT2D eigenvalue weighted by Crippen LogP contribution is -2.30. The van der Waals surface area contributed by atoms with Crippen LogP contribution in [0, 0.1) is 6.92 Å². The third-order valence-corrected chi connectivity index (χ3v) is 12.1. The maximum absolute atomic E-state index is 12.7. The second kappa shape index (κ2) is 16.7. The summed E-state index contributed by atoms with van der Waals surface area (Å²) in [5.74, 6) is -4.41. The summed E-state index contributed by atoms with van der Waals surface area (Å²) in [5.41, 5.74) is 1.47. The van der Waals surface area contributed by atoms with E-state index in [1.54, 1.807) is 0 Å². The van der Waals surface area contributed by atoms with Crippen LogP contribution in [-0.4, -0.2) is 74.4 Å². The van der Waals surface area contributed by atoms with E-state index in [1.165, 1.54) is 38.1 Å². The minimum absolute atomic E-state index is 0.0365. The number of carbonyl (C=O) groups is 1. The van der Waals surface area contributed by atoms with Gasteiger partial charge in [-0.25, -0.2) is 0 Å². The summed E-state index contributed by atoms with van der Waals surface area (Å²) >= 11 is 0.157. The van der Waals surface area contributed by atoms with E-state index in [9.17, 15) is 73.5 Å². The van der Waals surface area contributed by atoms with Gasteiger partial charge in [0.15, 0.2) is 11.5 Å². The summed E-state index contributed by atoms with van der Waals surface area (Å²) in [6.07, 6.45) is 0. The lowest BCUT2D eigenvalue weighted by atomic mass is 10.1. The van der Waals surface area contributed by atoms with Crippen LogP contribution in [0.25, 0.3) is 21.5 Å². The van der Waals surface area contributed by atoms with Gasteiger partial charge in [0.25, 0.3) is 41.8 Å². The topological polar surface area (TPSA) is 404 Å². The van der Waals surface area contributed by atoms with Gasteiger partial charge in [-0.3, -0.25) is 27.8 Å². The number of nitrogens with two attached hydrogens (primary N) is 1. The predicted molar refractivity (Wildman–Crippen MR) is 221 cm³/mol. The van der Waals surface area contributed by atoms with Crippen molar-refractivity contribution in [1.29, 1.82) is 0 Å². The Hall–Kier alpha value is -6.92. The maximum Gasteiger partial charge on any atom is 0.296 e. The fourth-order valence-electron chi connectivity index (χ4n) is 6.12. The average molecular weight is 945 g/mol. The van der Waals surface area contributed by atoms with Gasteiger partial charge >= 0.3 is 0 Å². The molecule has 10 N–H and O–H groups in total. The lowest BCUT2D eigenvalue weighted by molar-refractivity contribution is 0.0997. The fraction of sp³-hybridized carbons (Fsp3) is 0.0857. The van der Waals surface area contributed by atoms with E-state index >= 15 is 0 Å². The molecule has 24 nitrogen and oxygen atoms in total. The van der Waals surface area contributed by atoms with E-state index in [0.29, 0.717) is 29.7 Å². The first-order chi connectivity index (χ1) is 29.4. The van der Waals surface area contributed by atoms with Crippen molar-refractivity contribution in [3.05, 3.63) is 82.1 Å². The number of amides is 1. The zero-order chi connectivity index (χ0) is 46.5. The number of rotatable bonds is 12. The molecule has 1 aromatic heterocycles. The number of aromatic nitrogens is 1. The standard InChI is InChI=1S/C35H28N8O16S4/c1-3-43-34(48)26(33(36)47)14(2)28(35(43)49)40-37-17-5-4-15-9-23(60-50)29(31(45)20(15)11-17)41-38-18-6-7-21(24(12-18)62(54,55)56)39-42-30-25(63(57,58)59)10-16-8-19(61(51,52)53)13-22(44)27(16)32(30)46/h4-13,44-46,49-50H,3H2,1-2H3,(H2,36,47)(H,51,52,53)(H,54,55,56)(H,57,58,59). The number of hydrogen-bond acceptors (Lipinski definition) is 20. The van der Waals surface area contributed by atoms with Gasteiger partial charge in [-0.1, -0.05) is 6.07 Å². The molecule has 5 aromatic carbocycles. The highest BCUT2D eigenvalue weighted by Crippen LogP contribution is 2.47. The van der Waals surface area contributed by atoms with Crippen LogP contribution in [0.2, 0.25) is 0 Å². The molecule has 0 fully saturated rings. The Kier molecular flexibility index (Phi) is 12.1. The Bertz CT molecular complexity index is 3470. The normalized spacial score (nSPS) is 12.7. The SMILES string of the molecule is CCn1c(O)c(N=Nc2ccc3cc(SO)c(N=Nc4ccc(N=Nc5c(S(=O)(=O)O)cc6cc(S(=O)(=O)O)cc(O)c6c5O)c(S(=O)(=O)O)c4)c(O)c3c2)c(C)c(C(N)=O)c1=O. The molecule has 328 valence electrons. The summed E-state index contributed by atoms with van der Waals surface area (Å²) in [6, 6.07) is 10.0. The molecule has 0 aliphatic carbocycles.